The van der Waals surface area contributed by atoms with Crippen molar-refractivity contribution in [3.05, 3.63) is 72.4 Å². The van der Waals surface area contributed by atoms with Gasteiger partial charge in [0.15, 0.2) is 0 Å². The number of allylic oxidation sites excluding steroid dienone is 2. The van der Waals surface area contributed by atoms with Crippen molar-refractivity contribution < 1.29 is 4.79 Å². The van der Waals surface area contributed by atoms with Crippen LogP contribution >= 0.6 is 0 Å². The van der Waals surface area contributed by atoms with Crippen LogP contribution in [0.5, 0.6) is 0 Å². The summed E-state index contributed by atoms with van der Waals surface area (Å²) in [4.78, 5) is 14.8. The maximum Gasteiger partial charge on any atom is 0.237 e. The third kappa shape index (κ3) is 2.46. The molecule has 102 valence electrons. The molecule has 0 saturated carbocycles. The van der Waals surface area contributed by atoms with Crippen molar-refractivity contribution in [2.45, 2.75) is 12.8 Å². The molecule has 20 heavy (non-hydrogen) atoms. The van der Waals surface area contributed by atoms with Crippen molar-refractivity contribution in [2.75, 3.05) is 13.1 Å². The quantitative estimate of drug-likeness (QED) is 0.769. The van der Waals surface area contributed by atoms with Crippen molar-refractivity contribution in [3.8, 4) is 0 Å². The van der Waals surface area contributed by atoms with E-state index in [2.05, 4.69) is 48.6 Å². The minimum atomic E-state index is -0.508. The molecule has 0 atom stereocenters. The molecule has 2 nitrogen and oxygen atoms in total. The van der Waals surface area contributed by atoms with Gasteiger partial charge in [-0.15, -0.1) is 0 Å². The molecule has 0 spiro atoms. The Morgan fingerprint density at radius 1 is 1.00 bits per heavy atom. The standard InChI is InChI=1S/C18H19NO/c20-17(19-13-7-8-14-19)18(11-5-2-6-12-18)15-16-9-3-1-4-10-16/h1,3-12H,2,13-15H2. The van der Waals surface area contributed by atoms with Gasteiger partial charge in [0.1, 0.15) is 0 Å². The second kappa shape index (κ2) is 5.49. The molecule has 0 fully saturated rings. The van der Waals surface area contributed by atoms with E-state index in [4.69, 9.17) is 0 Å². The average Bonchev–Trinajstić information content (AvgIpc) is 3.02. The van der Waals surface area contributed by atoms with Crippen molar-refractivity contribution in [1.82, 2.24) is 4.90 Å². The predicted octanol–water partition coefficient (Wildman–Crippen LogP) is 3.13. The van der Waals surface area contributed by atoms with Crippen LogP contribution in [0, 0.1) is 5.41 Å². The van der Waals surface area contributed by atoms with Gasteiger partial charge in [-0.25, -0.2) is 0 Å². The topological polar surface area (TPSA) is 20.3 Å². The Labute approximate surface area is 120 Å². The monoisotopic (exact) mass is 265 g/mol. The van der Waals surface area contributed by atoms with E-state index < -0.39 is 5.41 Å². The lowest BCUT2D eigenvalue weighted by Gasteiger charge is -2.32. The predicted molar refractivity (Wildman–Crippen MR) is 81.2 cm³/mol. The lowest BCUT2D eigenvalue weighted by Crippen LogP contribution is -2.42. The van der Waals surface area contributed by atoms with Gasteiger partial charge >= 0.3 is 0 Å². The highest BCUT2D eigenvalue weighted by Gasteiger charge is 2.37. The molecule has 0 radical (unpaired) electrons. The lowest BCUT2D eigenvalue weighted by molar-refractivity contribution is -0.135. The SMILES string of the molecule is O=C(N1CC=CC1)C1(Cc2ccccc2)C=CCC=C1. The van der Waals surface area contributed by atoms with Gasteiger partial charge in [-0.05, 0) is 18.4 Å². The molecule has 1 aliphatic heterocycles. The third-order valence-corrected chi connectivity index (χ3v) is 3.95. The second-order valence-corrected chi connectivity index (χ2v) is 5.42. The molecule has 1 aromatic carbocycles. The summed E-state index contributed by atoms with van der Waals surface area (Å²) in [5, 5.41) is 0. The molecule has 1 aliphatic carbocycles. The lowest BCUT2D eigenvalue weighted by atomic mass is 9.77. The Balaban J connectivity index is 1.88. The first-order valence-corrected chi connectivity index (χ1v) is 7.14. The van der Waals surface area contributed by atoms with E-state index in [1.807, 2.05) is 23.1 Å². The fourth-order valence-corrected chi connectivity index (χ4v) is 2.90. The third-order valence-electron chi connectivity index (χ3n) is 3.95. The molecule has 0 unspecified atom stereocenters. The highest BCUT2D eigenvalue weighted by atomic mass is 16.2. The van der Waals surface area contributed by atoms with E-state index in [1.54, 1.807) is 0 Å². The summed E-state index contributed by atoms with van der Waals surface area (Å²) in [5.74, 6) is 0.207. The first-order chi connectivity index (χ1) is 9.80. The summed E-state index contributed by atoms with van der Waals surface area (Å²) >= 11 is 0. The summed E-state index contributed by atoms with van der Waals surface area (Å²) in [6.07, 6.45) is 14.1. The van der Waals surface area contributed by atoms with Crippen molar-refractivity contribution in [2.24, 2.45) is 5.41 Å². The molecule has 1 heterocycles. The zero-order valence-corrected chi connectivity index (χ0v) is 11.5. The fourth-order valence-electron chi connectivity index (χ4n) is 2.90. The summed E-state index contributed by atoms with van der Waals surface area (Å²) in [7, 11) is 0. The fraction of sp³-hybridized carbons (Fsp3) is 0.278. The summed E-state index contributed by atoms with van der Waals surface area (Å²) < 4.78 is 0. The van der Waals surface area contributed by atoms with E-state index in [0.717, 1.165) is 25.9 Å². The maximum atomic E-state index is 12.9. The molecule has 1 amide bonds. The average molecular weight is 265 g/mol. The van der Waals surface area contributed by atoms with E-state index >= 15 is 0 Å². The molecular weight excluding hydrogens is 246 g/mol. The largest absolute Gasteiger partial charge is 0.334 e. The summed E-state index contributed by atoms with van der Waals surface area (Å²) in [6, 6.07) is 10.2. The van der Waals surface area contributed by atoms with E-state index in [9.17, 15) is 4.79 Å². The Morgan fingerprint density at radius 3 is 2.30 bits per heavy atom. The van der Waals surface area contributed by atoms with Crippen molar-refractivity contribution >= 4 is 5.91 Å². The van der Waals surface area contributed by atoms with Crippen LogP contribution in [0.1, 0.15) is 12.0 Å². The number of nitrogens with zero attached hydrogens (tertiary/aromatic N) is 1. The Bertz CT molecular complexity index is 548. The zero-order chi connectivity index (χ0) is 13.8. The first-order valence-electron chi connectivity index (χ1n) is 7.14. The first kappa shape index (κ1) is 12.9. The van der Waals surface area contributed by atoms with Gasteiger partial charge in [-0.2, -0.15) is 0 Å². The molecule has 0 bridgehead atoms. The zero-order valence-electron chi connectivity index (χ0n) is 11.5. The van der Waals surface area contributed by atoms with Gasteiger partial charge in [0, 0.05) is 13.1 Å². The van der Waals surface area contributed by atoms with Gasteiger partial charge in [0.05, 0.1) is 5.41 Å². The molecule has 2 heteroatoms. The molecule has 2 aliphatic rings. The number of carbonyl (C=O) groups is 1. The van der Waals surface area contributed by atoms with E-state index in [0.29, 0.717) is 0 Å². The second-order valence-electron chi connectivity index (χ2n) is 5.42. The van der Waals surface area contributed by atoms with Crippen LogP contribution in [0.3, 0.4) is 0 Å². The number of carbonyl (C=O) groups excluding carboxylic acids is 1. The Kier molecular flexibility index (Phi) is 3.55. The van der Waals surface area contributed by atoms with Crippen LogP contribution in [0.4, 0.5) is 0 Å². The normalized spacial score (nSPS) is 19.5. The summed E-state index contributed by atoms with van der Waals surface area (Å²) in [5.41, 5.74) is 0.690. The van der Waals surface area contributed by atoms with Gasteiger partial charge < -0.3 is 4.90 Å². The van der Waals surface area contributed by atoms with E-state index in [1.165, 1.54) is 5.56 Å². The van der Waals surface area contributed by atoms with Gasteiger partial charge in [-0.1, -0.05) is 66.8 Å². The molecular formula is C18H19NO. The van der Waals surface area contributed by atoms with Crippen molar-refractivity contribution in [3.63, 3.8) is 0 Å². The van der Waals surface area contributed by atoms with Crippen LogP contribution in [-0.4, -0.2) is 23.9 Å². The Morgan fingerprint density at radius 2 is 1.65 bits per heavy atom. The van der Waals surface area contributed by atoms with Gasteiger partial charge in [0.25, 0.3) is 0 Å². The number of hydrogen-bond donors (Lipinski definition) is 0. The summed E-state index contributed by atoms with van der Waals surface area (Å²) in [6.45, 7) is 1.47. The minimum Gasteiger partial charge on any atom is -0.334 e. The van der Waals surface area contributed by atoms with E-state index in [-0.39, 0.29) is 5.91 Å². The van der Waals surface area contributed by atoms with Crippen LogP contribution in [0.15, 0.2) is 66.8 Å². The van der Waals surface area contributed by atoms with Crippen LogP contribution < -0.4 is 0 Å². The maximum absolute atomic E-state index is 12.9. The minimum absolute atomic E-state index is 0.207. The van der Waals surface area contributed by atoms with Gasteiger partial charge in [-0.3, -0.25) is 4.79 Å². The highest BCUT2D eigenvalue weighted by Crippen LogP contribution is 2.33. The number of benzene rings is 1. The number of hydrogen-bond acceptors (Lipinski definition) is 1. The van der Waals surface area contributed by atoms with Crippen LogP contribution in [-0.2, 0) is 11.2 Å². The Hall–Kier alpha value is -2.09. The molecule has 0 saturated heterocycles. The number of rotatable bonds is 3. The smallest absolute Gasteiger partial charge is 0.237 e. The van der Waals surface area contributed by atoms with Crippen LogP contribution in [0.2, 0.25) is 0 Å². The van der Waals surface area contributed by atoms with Crippen molar-refractivity contribution in [1.29, 1.82) is 0 Å². The number of amides is 1. The van der Waals surface area contributed by atoms with Crippen LogP contribution in [0.25, 0.3) is 0 Å². The highest BCUT2D eigenvalue weighted by molar-refractivity contribution is 5.88. The molecule has 0 N–H and O–H groups in total. The molecule has 3 rings (SSSR count). The molecule has 0 aromatic heterocycles. The molecule has 1 aromatic rings. The van der Waals surface area contributed by atoms with Gasteiger partial charge in [0.2, 0.25) is 5.91 Å².